The number of nitrogens with one attached hydrogen (secondary N) is 2. The highest BCUT2D eigenvalue weighted by Gasteiger charge is 2.28. The Morgan fingerprint density at radius 2 is 1.79 bits per heavy atom. The molecule has 24 heavy (non-hydrogen) atoms. The molecule has 7 nitrogen and oxygen atoms in total. The SMILES string of the molecule is O=C1NCCCC1NS(=O)(=O)c1ccc(C(=O)N2CCCC2)cc1. The van der Waals surface area contributed by atoms with Gasteiger partial charge in [0.25, 0.3) is 5.91 Å². The number of amides is 2. The number of sulfonamides is 1. The summed E-state index contributed by atoms with van der Waals surface area (Å²) in [5.41, 5.74) is 0.478. The number of piperidine rings is 1. The van der Waals surface area contributed by atoms with Crippen LogP contribution in [0.15, 0.2) is 29.2 Å². The first-order chi connectivity index (χ1) is 11.5. The van der Waals surface area contributed by atoms with Gasteiger partial charge in [0.2, 0.25) is 15.9 Å². The lowest BCUT2D eigenvalue weighted by atomic mass is 10.1. The molecule has 3 rings (SSSR count). The quantitative estimate of drug-likeness (QED) is 0.825. The lowest BCUT2D eigenvalue weighted by Gasteiger charge is -2.22. The molecule has 130 valence electrons. The van der Waals surface area contributed by atoms with E-state index in [2.05, 4.69) is 10.0 Å². The van der Waals surface area contributed by atoms with Crippen molar-refractivity contribution in [1.82, 2.24) is 14.9 Å². The van der Waals surface area contributed by atoms with Gasteiger partial charge in [-0.25, -0.2) is 8.42 Å². The van der Waals surface area contributed by atoms with Gasteiger partial charge in [-0.15, -0.1) is 0 Å². The van der Waals surface area contributed by atoms with Gasteiger partial charge >= 0.3 is 0 Å². The minimum atomic E-state index is -3.79. The molecule has 0 radical (unpaired) electrons. The van der Waals surface area contributed by atoms with Gasteiger partial charge in [-0.1, -0.05) is 0 Å². The van der Waals surface area contributed by atoms with E-state index >= 15 is 0 Å². The summed E-state index contributed by atoms with van der Waals surface area (Å²) in [7, 11) is -3.79. The Hall–Kier alpha value is -1.93. The summed E-state index contributed by atoms with van der Waals surface area (Å²) in [4.78, 5) is 25.8. The second-order valence-corrected chi connectivity index (χ2v) is 7.84. The van der Waals surface area contributed by atoms with Crippen LogP contribution in [0.4, 0.5) is 0 Å². The minimum absolute atomic E-state index is 0.0545. The lowest BCUT2D eigenvalue weighted by Crippen LogP contribution is -2.50. The summed E-state index contributed by atoms with van der Waals surface area (Å²) in [5, 5.41) is 2.65. The summed E-state index contributed by atoms with van der Waals surface area (Å²) >= 11 is 0. The predicted octanol–water partition coefficient (Wildman–Crippen LogP) is 0.480. The third kappa shape index (κ3) is 3.59. The molecule has 0 bridgehead atoms. The van der Waals surface area contributed by atoms with Crippen molar-refractivity contribution in [2.45, 2.75) is 36.6 Å². The van der Waals surface area contributed by atoms with Crippen LogP contribution in [-0.4, -0.2) is 50.8 Å². The molecular weight excluding hydrogens is 330 g/mol. The maximum Gasteiger partial charge on any atom is 0.253 e. The standard InChI is InChI=1S/C16H21N3O4S/c20-15-14(4-3-9-17-15)18-24(22,23)13-7-5-12(6-8-13)16(21)19-10-1-2-11-19/h5-8,14,18H,1-4,9-11H2,(H,17,20). The van der Waals surface area contributed by atoms with Gasteiger partial charge < -0.3 is 10.2 Å². The van der Waals surface area contributed by atoms with Gasteiger partial charge in [0.15, 0.2) is 0 Å². The number of nitrogens with zero attached hydrogens (tertiary/aromatic N) is 1. The second-order valence-electron chi connectivity index (χ2n) is 6.13. The highest BCUT2D eigenvalue weighted by molar-refractivity contribution is 7.89. The van der Waals surface area contributed by atoms with Gasteiger partial charge in [0, 0.05) is 25.2 Å². The summed E-state index contributed by atoms with van der Waals surface area (Å²) in [6.45, 7) is 2.07. The number of benzene rings is 1. The molecule has 1 unspecified atom stereocenters. The Kier molecular flexibility index (Phi) is 4.86. The zero-order valence-electron chi connectivity index (χ0n) is 13.3. The molecule has 0 saturated carbocycles. The maximum atomic E-state index is 12.4. The zero-order valence-corrected chi connectivity index (χ0v) is 14.1. The number of hydrogen-bond donors (Lipinski definition) is 2. The Labute approximate surface area is 141 Å². The number of rotatable bonds is 4. The van der Waals surface area contributed by atoms with Crippen LogP contribution in [0.3, 0.4) is 0 Å². The van der Waals surface area contributed by atoms with Gasteiger partial charge in [-0.2, -0.15) is 4.72 Å². The number of carbonyl (C=O) groups is 2. The van der Waals surface area contributed by atoms with Crippen LogP contribution in [-0.2, 0) is 14.8 Å². The van der Waals surface area contributed by atoms with Crippen LogP contribution < -0.4 is 10.0 Å². The molecule has 2 amide bonds. The zero-order chi connectivity index (χ0) is 17.2. The van der Waals surface area contributed by atoms with Crippen molar-refractivity contribution in [3.8, 4) is 0 Å². The van der Waals surface area contributed by atoms with Crippen molar-refractivity contribution < 1.29 is 18.0 Å². The summed E-state index contributed by atoms with van der Waals surface area (Å²) in [6.07, 6.45) is 3.23. The molecule has 2 saturated heterocycles. The Morgan fingerprint density at radius 3 is 2.42 bits per heavy atom. The highest BCUT2D eigenvalue weighted by Crippen LogP contribution is 2.16. The fraction of sp³-hybridized carbons (Fsp3) is 0.500. The fourth-order valence-electron chi connectivity index (χ4n) is 3.02. The smallest absolute Gasteiger partial charge is 0.253 e. The molecule has 0 spiro atoms. The van der Waals surface area contributed by atoms with E-state index in [1.54, 1.807) is 4.90 Å². The van der Waals surface area contributed by atoms with Gasteiger partial charge in [0.05, 0.1) is 4.90 Å². The molecule has 0 aliphatic carbocycles. The maximum absolute atomic E-state index is 12.4. The summed E-state index contributed by atoms with van der Waals surface area (Å²) in [5.74, 6) is -0.373. The monoisotopic (exact) mass is 351 g/mol. The largest absolute Gasteiger partial charge is 0.355 e. The number of carbonyl (C=O) groups excluding carboxylic acids is 2. The van der Waals surface area contributed by atoms with E-state index < -0.39 is 16.1 Å². The fourth-order valence-corrected chi connectivity index (χ4v) is 4.25. The van der Waals surface area contributed by atoms with Crippen molar-refractivity contribution in [3.05, 3.63) is 29.8 Å². The van der Waals surface area contributed by atoms with Crippen molar-refractivity contribution in [3.63, 3.8) is 0 Å². The van der Waals surface area contributed by atoms with E-state index in [0.717, 1.165) is 32.4 Å². The Bertz CT molecular complexity index is 724. The van der Waals surface area contributed by atoms with Crippen LogP contribution in [0.1, 0.15) is 36.0 Å². The average Bonchev–Trinajstić information content (AvgIpc) is 3.11. The number of hydrogen-bond acceptors (Lipinski definition) is 4. The van der Waals surface area contributed by atoms with E-state index in [-0.39, 0.29) is 16.7 Å². The molecule has 8 heteroatoms. The molecule has 1 aromatic carbocycles. The molecule has 2 N–H and O–H groups in total. The van der Waals surface area contributed by atoms with Crippen LogP contribution in [0.5, 0.6) is 0 Å². The van der Waals surface area contributed by atoms with Gasteiger partial charge in [0.1, 0.15) is 6.04 Å². The third-order valence-corrected chi connectivity index (χ3v) is 5.88. The van der Waals surface area contributed by atoms with E-state index in [1.807, 2.05) is 0 Å². The van der Waals surface area contributed by atoms with E-state index in [0.29, 0.717) is 18.5 Å². The second kappa shape index (κ2) is 6.90. The van der Waals surface area contributed by atoms with E-state index in [1.165, 1.54) is 24.3 Å². The van der Waals surface area contributed by atoms with Crippen molar-refractivity contribution in [2.24, 2.45) is 0 Å². The first kappa shape index (κ1) is 16.9. The third-order valence-electron chi connectivity index (χ3n) is 4.39. The molecule has 0 aromatic heterocycles. The first-order valence-corrected chi connectivity index (χ1v) is 9.65. The molecule has 1 aromatic rings. The Morgan fingerprint density at radius 1 is 1.12 bits per heavy atom. The van der Waals surface area contributed by atoms with Crippen LogP contribution in [0.2, 0.25) is 0 Å². The predicted molar refractivity (Wildman–Crippen MR) is 87.9 cm³/mol. The van der Waals surface area contributed by atoms with E-state index in [4.69, 9.17) is 0 Å². The molecular formula is C16H21N3O4S. The summed E-state index contributed by atoms with van der Waals surface area (Å²) in [6, 6.07) is 5.13. The van der Waals surface area contributed by atoms with Crippen molar-refractivity contribution in [2.75, 3.05) is 19.6 Å². The van der Waals surface area contributed by atoms with Gasteiger partial charge in [-0.3, -0.25) is 9.59 Å². The van der Waals surface area contributed by atoms with E-state index in [9.17, 15) is 18.0 Å². The van der Waals surface area contributed by atoms with Crippen LogP contribution in [0.25, 0.3) is 0 Å². The molecule has 2 aliphatic rings. The minimum Gasteiger partial charge on any atom is -0.355 e. The molecule has 2 aliphatic heterocycles. The normalized spacial score (nSPS) is 21.6. The average molecular weight is 351 g/mol. The Balaban J connectivity index is 1.71. The summed E-state index contributed by atoms with van der Waals surface area (Å²) < 4.78 is 27.2. The van der Waals surface area contributed by atoms with Crippen LogP contribution in [0, 0.1) is 0 Å². The van der Waals surface area contributed by atoms with Crippen molar-refractivity contribution in [1.29, 1.82) is 0 Å². The molecule has 2 heterocycles. The lowest BCUT2D eigenvalue weighted by molar-refractivity contribution is -0.124. The van der Waals surface area contributed by atoms with Crippen LogP contribution >= 0.6 is 0 Å². The molecule has 1 atom stereocenters. The molecule has 2 fully saturated rings. The van der Waals surface area contributed by atoms with Gasteiger partial charge in [-0.05, 0) is 49.9 Å². The topological polar surface area (TPSA) is 95.6 Å². The van der Waals surface area contributed by atoms with Crippen molar-refractivity contribution >= 4 is 21.8 Å². The number of likely N-dealkylation sites (tertiary alicyclic amines) is 1. The first-order valence-electron chi connectivity index (χ1n) is 8.17. The highest BCUT2D eigenvalue weighted by atomic mass is 32.2.